The molecule has 2 aliphatic rings. The van der Waals surface area contributed by atoms with Gasteiger partial charge in [-0.2, -0.15) is 0 Å². The van der Waals surface area contributed by atoms with Crippen molar-refractivity contribution >= 4 is 17.2 Å². The Bertz CT molecular complexity index is 736. The number of hydrogen-bond acceptors (Lipinski definition) is 5. The molecule has 0 atom stereocenters. The number of thiazole rings is 1. The number of rotatable bonds is 6. The second-order valence-electron chi connectivity index (χ2n) is 6.90. The van der Waals surface area contributed by atoms with Gasteiger partial charge in [0.25, 0.3) is 5.91 Å². The van der Waals surface area contributed by atoms with Crippen molar-refractivity contribution in [1.29, 1.82) is 0 Å². The van der Waals surface area contributed by atoms with Crippen LogP contribution in [0.15, 0.2) is 24.5 Å². The predicted molar refractivity (Wildman–Crippen MR) is 97.0 cm³/mol. The Hall–Kier alpha value is -1.95. The van der Waals surface area contributed by atoms with E-state index in [1.807, 2.05) is 12.1 Å². The zero-order valence-corrected chi connectivity index (χ0v) is 15.1. The van der Waals surface area contributed by atoms with Gasteiger partial charge >= 0.3 is 0 Å². The van der Waals surface area contributed by atoms with Crippen molar-refractivity contribution in [3.05, 3.63) is 40.0 Å². The minimum atomic E-state index is -0.0593. The van der Waals surface area contributed by atoms with Gasteiger partial charge < -0.3 is 10.1 Å². The molecule has 1 amide bonds. The maximum absolute atomic E-state index is 12.3. The van der Waals surface area contributed by atoms with Crippen LogP contribution in [0, 0.1) is 0 Å². The van der Waals surface area contributed by atoms with E-state index in [2.05, 4.69) is 15.3 Å². The fraction of sp³-hybridized carbons (Fsp3) is 0.526. The van der Waals surface area contributed by atoms with Crippen LogP contribution < -0.4 is 10.1 Å². The summed E-state index contributed by atoms with van der Waals surface area (Å²) in [6.07, 6.45) is 12.1. The number of ether oxygens (including phenoxy) is 1. The number of aromatic nitrogens is 2. The molecule has 0 saturated heterocycles. The van der Waals surface area contributed by atoms with E-state index in [0.29, 0.717) is 23.2 Å². The minimum absolute atomic E-state index is 0.0593. The molecule has 0 unspecified atom stereocenters. The highest BCUT2D eigenvalue weighted by Crippen LogP contribution is 2.41. The summed E-state index contributed by atoms with van der Waals surface area (Å²) < 4.78 is 5.99. The van der Waals surface area contributed by atoms with Gasteiger partial charge in [-0.25, -0.2) is 9.97 Å². The van der Waals surface area contributed by atoms with Crippen LogP contribution in [0.4, 0.5) is 0 Å². The van der Waals surface area contributed by atoms with Crippen molar-refractivity contribution in [1.82, 2.24) is 15.3 Å². The zero-order chi connectivity index (χ0) is 17.1. The molecule has 5 nitrogen and oxygen atoms in total. The maximum Gasteiger partial charge on any atom is 0.263 e. The largest absolute Gasteiger partial charge is 0.474 e. The van der Waals surface area contributed by atoms with E-state index >= 15 is 0 Å². The fourth-order valence-corrected chi connectivity index (χ4v) is 4.16. The lowest BCUT2D eigenvalue weighted by atomic mass is 9.98. The van der Waals surface area contributed by atoms with E-state index in [4.69, 9.17) is 4.74 Å². The third-order valence-electron chi connectivity index (χ3n) is 4.77. The molecule has 2 fully saturated rings. The first kappa shape index (κ1) is 16.5. The van der Waals surface area contributed by atoms with Crippen molar-refractivity contribution in [2.24, 2.45) is 0 Å². The Morgan fingerprint density at radius 1 is 1.20 bits per heavy atom. The summed E-state index contributed by atoms with van der Waals surface area (Å²) in [5.74, 6) is 1.19. The highest BCUT2D eigenvalue weighted by molar-refractivity contribution is 7.13. The summed E-state index contributed by atoms with van der Waals surface area (Å²) in [5.41, 5.74) is 1.00. The Morgan fingerprint density at radius 2 is 2.04 bits per heavy atom. The van der Waals surface area contributed by atoms with E-state index < -0.39 is 0 Å². The molecule has 6 heteroatoms. The van der Waals surface area contributed by atoms with Gasteiger partial charge in [0.1, 0.15) is 11.0 Å². The molecule has 2 aliphatic carbocycles. The van der Waals surface area contributed by atoms with Crippen molar-refractivity contribution in [2.45, 2.75) is 63.5 Å². The van der Waals surface area contributed by atoms with Crippen LogP contribution in [0.25, 0.3) is 0 Å². The van der Waals surface area contributed by atoms with Crippen LogP contribution >= 0.6 is 11.3 Å². The maximum atomic E-state index is 12.3. The molecule has 0 bridgehead atoms. The number of amides is 1. The summed E-state index contributed by atoms with van der Waals surface area (Å²) in [6.45, 7) is 0.471. The average Bonchev–Trinajstić information content (AvgIpc) is 3.38. The van der Waals surface area contributed by atoms with E-state index in [1.165, 1.54) is 43.4 Å². The van der Waals surface area contributed by atoms with E-state index in [0.717, 1.165) is 23.4 Å². The van der Waals surface area contributed by atoms with Gasteiger partial charge in [0.2, 0.25) is 5.88 Å². The average molecular weight is 357 g/mol. The molecule has 0 aliphatic heterocycles. The van der Waals surface area contributed by atoms with Crippen LogP contribution in [-0.4, -0.2) is 22.0 Å². The Morgan fingerprint density at radius 3 is 2.84 bits per heavy atom. The number of carbonyl (C=O) groups is 1. The molecule has 132 valence electrons. The lowest BCUT2D eigenvalue weighted by molar-refractivity contribution is 0.0954. The number of nitrogens with one attached hydrogen (secondary N) is 1. The Kier molecular flexibility index (Phi) is 4.97. The normalized spacial score (nSPS) is 18.1. The number of carbonyl (C=O) groups excluding carboxylic acids is 1. The third-order valence-corrected chi connectivity index (χ3v) is 5.92. The molecular formula is C19H23N3O2S. The molecule has 25 heavy (non-hydrogen) atoms. The van der Waals surface area contributed by atoms with Gasteiger partial charge in [0.05, 0.1) is 11.2 Å². The standard InChI is InChI=1S/C19H23N3O2S/c23-18(16-12-22-19(25-16)14-6-7-14)21-11-13-8-9-20-17(10-13)24-15-4-2-1-3-5-15/h8-10,12,14-15H,1-7,11H2,(H,21,23). The van der Waals surface area contributed by atoms with E-state index in [-0.39, 0.29) is 12.0 Å². The molecule has 2 saturated carbocycles. The van der Waals surface area contributed by atoms with E-state index in [9.17, 15) is 4.79 Å². The van der Waals surface area contributed by atoms with Crippen molar-refractivity contribution < 1.29 is 9.53 Å². The first-order valence-electron chi connectivity index (χ1n) is 9.13. The first-order valence-corrected chi connectivity index (χ1v) is 9.95. The van der Waals surface area contributed by atoms with Gasteiger partial charge in [0, 0.05) is 24.7 Å². The Balaban J connectivity index is 1.32. The highest BCUT2D eigenvalue weighted by Gasteiger charge is 2.27. The number of pyridine rings is 1. The van der Waals surface area contributed by atoms with Crippen LogP contribution in [0.3, 0.4) is 0 Å². The van der Waals surface area contributed by atoms with Gasteiger partial charge in [-0.05, 0) is 50.2 Å². The van der Waals surface area contributed by atoms with Crippen molar-refractivity contribution in [2.75, 3.05) is 0 Å². The van der Waals surface area contributed by atoms with Crippen LogP contribution in [0.1, 0.15) is 71.1 Å². The lowest BCUT2D eigenvalue weighted by Crippen LogP contribution is -2.22. The molecule has 0 spiro atoms. The molecule has 2 aromatic rings. The summed E-state index contributed by atoms with van der Waals surface area (Å²) in [7, 11) is 0. The van der Waals surface area contributed by atoms with E-state index in [1.54, 1.807) is 12.4 Å². The second-order valence-corrected chi connectivity index (χ2v) is 7.96. The summed E-state index contributed by atoms with van der Waals surface area (Å²) in [5, 5.41) is 4.06. The monoisotopic (exact) mass is 357 g/mol. The van der Waals surface area contributed by atoms with Gasteiger partial charge in [0.15, 0.2) is 0 Å². The summed E-state index contributed by atoms with van der Waals surface area (Å²) in [4.78, 5) is 21.6. The smallest absolute Gasteiger partial charge is 0.263 e. The van der Waals surface area contributed by atoms with Crippen LogP contribution in [-0.2, 0) is 6.54 Å². The fourth-order valence-electron chi connectivity index (χ4n) is 3.16. The molecule has 4 rings (SSSR count). The zero-order valence-electron chi connectivity index (χ0n) is 14.2. The van der Waals surface area contributed by atoms with Crippen LogP contribution in [0.5, 0.6) is 5.88 Å². The summed E-state index contributed by atoms with van der Waals surface area (Å²) >= 11 is 1.51. The van der Waals surface area contributed by atoms with Gasteiger partial charge in [-0.1, -0.05) is 6.42 Å². The first-order chi connectivity index (χ1) is 12.3. The van der Waals surface area contributed by atoms with Crippen molar-refractivity contribution in [3.8, 4) is 5.88 Å². The number of hydrogen-bond donors (Lipinski definition) is 1. The quantitative estimate of drug-likeness (QED) is 0.847. The second kappa shape index (κ2) is 7.52. The third kappa shape index (κ3) is 4.37. The minimum Gasteiger partial charge on any atom is -0.474 e. The molecule has 2 aromatic heterocycles. The SMILES string of the molecule is O=C(NCc1ccnc(OC2CCCCC2)c1)c1cnc(C2CC2)s1. The van der Waals surface area contributed by atoms with Gasteiger partial charge in [-0.15, -0.1) is 11.3 Å². The highest BCUT2D eigenvalue weighted by atomic mass is 32.1. The lowest BCUT2D eigenvalue weighted by Gasteiger charge is -2.22. The number of nitrogens with zero attached hydrogens (tertiary/aromatic N) is 2. The molecular weight excluding hydrogens is 334 g/mol. The van der Waals surface area contributed by atoms with Crippen molar-refractivity contribution in [3.63, 3.8) is 0 Å². The van der Waals surface area contributed by atoms with Crippen LogP contribution in [0.2, 0.25) is 0 Å². The summed E-state index contributed by atoms with van der Waals surface area (Å²) in [6, 6.07) is 3.84. The van der Waals surface area contributed by atoms with Gasteiger partial charge in [-0.3, -0.25) is 4.79 Å². The molecule has 1 N–H and O–H groups in total. The molecule has 2 heterocycles. The Labute approximate surface area is 151 Å². The topological polar surface area (TPSA) is 64.1 Å². The molecule has 0 radical (unpaired) electrons. The predicted octanol–water partition coefficient (Wildman–Crippen LogP) is 4.06. The molecule has 0 aromatic carbocycles.